The lowest BCUT2D eigenvalue weighted by Crippen LogP contribution is -2.32. The van der Waals surface area contributed by atoms with Gasteiger partial charge < -0.3 is 16.0 Å². The van der Waals surface area contributed by atoms with Crippen LogP contribution in [0.25, 0.3) is 0 Å². The maximum absolute atomic E-state index is 13.4. The van der Waals surface area contributed by atoms with Gasteiger partial charge in [-0.1, -0.05) is 12.8 Å². The molecule has 0 saturated heterocycles. The Hall–Kier alpha value is -0.960. The average molecular weight is 424 g/mol. The number of guanidine groups is 1. The van der Waals surface area contributed by atoms with Crippen LogP contribution >= 0.6 is 24.0 Å². The second-order valence-electron chi connectivity index (χ2n) is 5.44. The number of anilines is 1. The number of likely N-dealkylation sites (N-methyl/N-ethyl adjacent to an activating group) is 1. The highest BCUT2D eigenvalue weighted by Crippen LogP contribution is 2.21. The van der Waals surface area contributed by atoms with Gasteiger partial charge in [-0.15, -0.1) is 24.0 Å². The number of hydrogen-bond acceptors (Lipinski definition) is 2. The van der Waals surface area contributed by atoms with E-state index in [1.165, 1.54) is 25.7 Å². The number of nitrogens with one attached hydrogen (secondary N) is 1. The van der Waals surface area contributed by atoms with Gasteiger partial charge in [-0.05, 0) is 32.0 Å². The zero-order chi connectivity index (χ0) is 15.2. The first-order chi connectivity index (χ1) is 10.1. The lowest BCUT2D eigenvalue weighted by Gasteiger charge is -2.22. The van der Waals surface area contributed by atoms with Crippen molar-refractivity contribution in [3.8, 4) is 0 Å². The molecule has 0 spiro atoms. The molecule has 1 aliphatic rings. The lowest BCUT2D eigenvalue weighted by molar-refractivity contribution is 0.252. The highest BCUT2D eigenvalue weighted by atomic mass is 127. The van der Waals surface area contributed by atoms with Crippen LogP contribution < -0.4 is 11.1 Å². The molecule has 1 aromatic carbocycles. The van der Waals surface area contributed by atoms with Crippen molar-refractivity contribution in [1.82, 2.24) is 4.90 Å². The monoisotopic (exact) mass is 424 g/mol. The summed E-state index contributed by atoms with van der Waals surface area (Å²) in [6.07, 6.45) is 5.06. The minimum Gasteiger partial charge on any atom is -0.370 e. The number of hydrogen-bond donors (Lipinski definition) is 2. The van der Waals surface area contributed by atoms with Crippen molar-refractivity contribution in [2.45, 2.75) is 31.7 Å². The fraction of sp³-hybridized carbons (Fsp3) is 0.533. The average Bonchev–Trinajstić information content (AvgIpc) is 2.97. The van der Waals surface area contributed by atoms with E-state index in [1.807, 2.05) is 0 Å². The Kier molecular flexibility index (Phi) is 8.02. The van der Waals surface area contributed by atoms with Crippen LogP contribution in [0.3, 0.4) is 0 Å². The van der Waals surface area contributed by atoms with Crippen LogP contribution in [0.2, 0.25) is 0 Å². The van der Waals surface area contributed by atoms with E-state index in [-0.39, 0.29) is 35.6 Å². The lowest BCUT2D eigenvalue weighted by atomic mass is 10.2. The largest absolute Gasteiger partial charge is 0.370 e. The zero-order valence-electron chi connectivity index (χ0n) is 12.7. The number of nitrogens with zero attached hydrogens (tertiary/aromatic N) is 2. The summed E-state index contributed by atoms with van der Waals surface area (Å²) in [6, 6.07) is 3.81. The first-order valence-electron chi connectivity index (χ1n) is 7.28. The second kappa shape index (κ2) is 9.24. The van der Waals surface area contributed by atoms with E-state index < -0.39 is 11.6 Å². The molecule has 22 heavy (non-hydrogen) atoms. The van der Waals surface area contributed by atoms with Crippen LogP contribution in [-0.2, 0) is 0 Å². The van der Waals surface area contributed by atoms with Gasteiger partial charge in [0.1, 0.15) is 11.6 Å². The highest BCUT2D eigenvalue weighted by molar-refractivity contribution is 14.0. The van der Waals surface area contributed by atoms with E-state index in [1.54, 1.807) is 0 Å². The maximum Gasteiger partial charge on any atom is 0.193 e. The smallest absolute Gasteiger partial charge is 0.193 e. The maximum atomic E-state index is 13.4. The molecule has 0 radical (unpaired) electrons. The van der Waals surface area contributed by atoms with Gasteiger partial charge in [-0.2, -0.15) is 0 Å². The molecule has 1 saturated carbocycles. The fourth-order valence-corrected chi connectivity index (χ4v) is 2.63. The summed E-state index contributed by atoms with van der Waals surface area (Å²) in [4.78, 5) is 6.44. The molecule has 0 aromatic heterocycles. The van der Waals surface area contributed by atoms with Gasteiger partial charge in [-0.25, -0.2) is 8.78 Å². The molecule has 1 fully saturated rings. The topological polar surface area (TPSA) is 53.6 Å². The summed E-state index contributed by atoms with van der Waals surface area (Å²) in [5.41, 5.74) is 5.70. The first-order valence-corrected chi connectivity index (χ1v) is 7.28. The van der Waals surface area contributed by atoms with Crippen LogP contribution in [0.15, 0.2) is 23.2 Å². The molecule has 0 atom stereocenters. The molecule has 0 aliphatic heterocycles. The molecular formula is C15H23F2IN4. The Morgan fingerprint density at radius 3 is 2.73 bits per heavy atom. The third kappa shape index (κ3) is 5.68. The van der Waals surface area contributed by atoms with Gasteiger partial charge in [0.15, 0.2) is 5.96 Å². The van der Waals surface area contributed by atoms with E-state index in [9.17, 15) is 8.78 Å². The van der Waals surface area contributed by atoms with E-state index in [0.717, 1.165) is 24.7 Å². The van der Waals surface area contributed by atoms with Crippen LogP contribution in [0.4, 0.5) is 14.5 Å². The van der Waals surface area contributed by atoms with Crippen LogP contribution in [-0.4, -0.2) is 37.0 Å². The SMILES string of the molecule is CN(CCN=C(N)Nc1cc(F)ccc1F)C1CCCC1.I. The van der Waals surface area contributed by atoms with Gasteiger partial charge in [0, 0.05) is 18.7 Å². The molecule has 124 valence electrons. The number of nitrogens with two attached hydrogens (primary N) is 1. The quantitative estimate of drug-likeness (QED) is 0.434. The Bertz CT molecular complexity index is 504. The second-order valence-corrected chi connectivity index (χ2v) is 5.44. The molecule has 0 unspecified atom stereocenters. The van der Waals surface area contributed by atoms with E-state index in [2.05, 4.69) is 22.3 Å². The molecule has 3 N–H and O–H groups in total. The summed E-state index contributed by atoms with van der Waals surface area (Å²) in [5.74, 6) is -0.982. The normalized spacial score (nSPS) is 15.9. The minimum absolute atomic E-state index is 0. The van der Waals surface area contributed by atoms with Crippen molar-refractivity contribution >= 4 is 35.6 Å². The molecule has 0 heterocycles. The third-order valence-corrected chi connectivity index (χ3v) is 3.87. The van der Waals surface area contributed by atoms with Gasteiger partial charge in [0.2, 0.25) is 0 Å². The molecule has 1 aromatic rings. The summed E-state index contributed by atoms with van der Waals surface area (Å²) in [5, 5.41) is 2.59. The molecule has 0 amide bonds. The Morgan fingerprint density at radius 1 is 1.36 bits per heavy atom. The van der Waals surface area contributed by atoms with Crippen molar-refractivity contribution in [1.29, 1.82) is 0 Å². The summed E-state index contributed by atoms with van der Waals surface area (Å²) < 4.78 is 26.5. The Morgan fingerprint density at radius 2 is 2.05 bits per heavy atom. The predicted molar refractivity (Wildman–Crippen MR) is 96.8 cm³/mol. The molecule has 7 heteroatoms. The van der Waals surface area contributed by atoms with Gasteiger partial charge in [0.05, 0.1) is 12.2 Å². The van der Waals surface area contributed by atoms with Gasteiger partial charge >= 0.3 is 0 Å². The van der Waals surface area contributed by atoms with Crippen molar-refractivity contribution in [3.05, 3.63) is 29.8 Å². The van der Waals surface area contributed by atoms with E-state index >= 15 is 0 Å². The molecule has 4 nitrogen and oxygen atoms in total. The predicted octanol–water partition coefficient (Wildman–Crippen LogP) is 3.18. The number of halogens is 3. The summed E-state index contributed by atoms with van der Waals surface area (Å²) >= 11 is 0. The van der Waals surface area contributed by atoms with Crippen molar-refractivity contribution in [2.24, 2.45) is 10.7 Å². The van der Waals surface area contributed by atoms with Crippen molar-refractivity contribution in [2.75, 3.05) is 25.5 Å². The van der Waals surface area contributed by atoms with E-state index in [4.69, 9.17) is 5.73 Å². The molecule has 2 rings (SSSR count). The van der Waals surface area contributed by atoms with Gasteiger partial charge in [-0.3, -0.25) is 4.99 Å². The van der Waals surface area contributed by atoms with Crippen molar-refractivity contribution < 1.29 is 8.78 Å². The number of aliphatic imine (C=N–C) groups is 1. The van der Waals surface area contributed by atoms with Crippen LogP contribution in [0.1, 0.15) is 25.7 Å². The summed E-state index contributed by atoms with van der Waals surface area (Å²) in [6.45, 7) is 1.33. The number of benzene rings is 1. The standard InChI is InChI=1S/C15H22F2N4.HI/c1-21(12-4-2-3-5-12)9-8-19-15(18)20-14-10-11(16)6-7-13(14)17;/h6-7,10,12H,2-5,8-9H2,1H3,(H3,18,19,20);1H. The Balaban J connectivity index is 0.00000242. The summed E-state index contributed by atoms with van der Waals surface area (Å²) in [7, 11) is 2.08. The fourth-order valence-electron chi connectivity index (χ4n) is 2.63. The molecule has 0 bridgehead atoms. The van der Waals surface area contributed by atoms with Gasteiger partial charge in [0.25, 0.3) is 0 Å². The highest BCUT2D eigenvalue weighted by Gasteiger charge is 2.18. The third-order valence-electron chi connectivity index (χ3n) is 3.87. The minimum atomic E-state index is -0.558. The van der Waals surface area contributed by atoms with Crippen LogP contribution in [0.5, 0.6) is 0 Å². The Labute approximate surface area is 147 Å². The number of rotatable bonds is 5. The van der Waals surface area contributed by atoms with E-state index in [0.29, 0.717) is 12.6 Å². The molecule has 1 aliphatic carbocycles. The van der Waals surface area contributed by atoms with Crippen LogP contribution in [0, 0.1) is 11.6 Å². The molecular weight excluding hydrogens is 401 g/mol. The first kappa shape index (κ1) is 19.1. The zero-order valence-corrected chi connectivity index (χ0v) is 15.0. The van der Waals surface area contributed by atoms with Crippen molar-refractivity contribution in [3.63, 3.8) is 0 Å².